The van der Waals surface area contributed by atoms with Crippen molar-refractivity contribution in [3.05, 3.63) is 86.3 Å². The molecule has 3 aromatic rings. The number of aromatic carboxylic acids is 1. The molecule has 35 heavy (non-hydrogen) atoms. The Hall–Kier alpha value is -2.67. The number of benzene rings is 2. The third-order valence-corrected chi connectivity index (χ3v) is 8.52. The average Bonchev–Trinajstić information content (AvgIpc) is 3.12. The number of hydrogen-bond donors (Lipinski definition) is 2. The van der Waals surface area contributed by atoms with Gasteiger partial charge in [-0.1, -0.05) is 59.6 Å². The predicted molar refractivity (Wildman–Crippen MR) is 139 cm³/mol. The molecular formula is C27H28Cl2N4O2. The van der Waals surface area contributed by atoms with Crippen LogP contribution in [0.15, 0.2) is 42.5 Å². The highest BCUT2D eigenvalue weighted by molar-refractivity contribution is 6.42. The Bertz CT molecular complexity index is 1290. The fourth-order valence-electron chi connectivity index (χ4n) is 5.61. The quantitative estimate of drug-likeness (QED) is 0.476. The zero-order chi connectivity index (χ0) is 24.7. The van der Waals surface area contributed by atoms with Crippen LogP contribution in [-0.4, -0.2) is 34.1 Å². The molecule has 2 aliphatic rings. The first-order valence-corrected chi connectivity index (χ1v) is 12.7. The van der Waals surface area contributed by atoms with Gasteiger partial charge in [-0.15, -0.1) is 0 Å². The van der Waals surface area contributed by atoms with E-state index in [1.165, 1.54) is 11.1 Å². The summed E-state index contributed by atoms with van der Waals surface area (Å²) in [5.74, 6) is -0.627. The fraction of sp³-hybridized carbons (Fsp3) is 0.370. The van der Waals surface area contributed by atoms with E-state index in [1.807, 2.05) is 25.1 Å². The minimum absolute atomic E-state index is 0.00209. The molecule has 0 saturated carbocycles. The molecule has 1 aliphatic heterocycles. The van der Waals surface area contributed by atoms with Crippen LogP contribution in [-0.2, 0) is 19.3 Å². The summed E-state index contributed by atoms with van der Waals surface area (Å²) in [6, 6.07) is 13.9. The highest BCUT2D eigenvalue weighted by Gasteiger charge is 2.46. The van der Waals surface area contributed by atoms with Gasteiger partial charge in [-0.2, -0.15) is 0 Å². The molecule has 5 rings (SSSR count). The van der Waals surface area contributed by atoms with Crippen molar-refractivity contribution in [1.82, 2.24) is 9.97 Å². The number of aromatic nitrogens is 2. The first kappa shape index (κ1) is 24.0. The third kappa shape index (κ3) is 4.39. The summed E-state index contributed by atoms with van der Waals surface area (Å²) in [6.07, 6.45) is 3.86. The number of halogens is 2. The van der Waals surface area contributed by atoms with Gasteiger partial charge >= 0.3 is 5.97 Å². The fourth-order valence-corrected chi connectivity index (χ4v) is 6.02. The normalized spacial score (nSPS) is 18.6. The molecule has 1 aliphatic carbocycles. The van der Waals surface area contributed by atoms with Gasteiger partial charge < -0.3 is 15.7 Å². The van der Waals surface area contributed by atoms with Crippen molar-refractivity contribution in [2.75, 3.05) is 18.0 Å². The lowest BCUT2D eigenvalue weighted by Crippen LogP contribution is -2.45. The summed E-state index contributed by atoms with van der Waals surface area (Å²) in [5, 5.41) is 11.0. The lowest BCUT2D eigenvalue weighted by molar-refractivity contribution is 0.0690. The molecule has 0 unspecified atom stereocenters. The van der Waals surface area contributed by atoms with Crippen LogP contribution in [0.4, 0.5) is 5.82 Å². The SMILES string of the molecule is Cc1nc(N2CCC3(CC2)Cc2ccccc2[C@H]3N)c(C(=O)O)nc1CCc1cccc(Cl)c1Cl. The largest absolute Gasteiger partial charge is 0.476 e. The molecule has 1 spiro atoms. The molecule has 1 atom stereocenters. The van der Waals surface area contributed by atoms with Gasteiger partial charge in [0, 0.05) is 19.1 Å². The number of carboxylic acid groups (broad SMARTS) is 1. The molecule has 0 radical (unpaired) electrons. The smallest absolute Gasteiger partial charge is 0.358 e. The van der Waals surface area contributed by atoms with Gasteiger partial charge in [0.15, 0.2) is 11.5 Å². The maximum absolute atomic E-state index is 12.2. The van der Waals surface area contributed by atoms with Crippen molar-refractivity contribution in [2.24, 2.45) is 11.1 Å². The minimum Gasteiger partial charge on any atom is -0.476 e. The van der Waals surface area contributed by atoms with Crippen LogP contribution >= 0.6 is 23.2 Å². The monoisotopic (exact) mass is 510 g/mol. The van der Waals surface area contributed by atoms with Crippen LogP contribution in [0.3, 0.4) is 0 Å². The number of anilines is 1. The van der Waals surface area contributed by atoms with Crippen molar-refractivity contribution in [3.8, 4) is 0 Å². The van der Waals surface area contributed by atoms with Gasteiger partial charge in [0.25, 0.3) is 0 Å². The van der Waals surface area contributed by atoms with Crippen molar-refractivity contribution in [3.63, 3.8) is 0 Å². The van der Waals surface area contributed by atoms with Crippen LogP contribution in [0.2, 0.25) is 10.0 Å². The molecular weight excluding hydrogens is 483 g/mol. The summed E-state index contributed by atoms with van der Waals surface area (Å²) < 4.78 is 0. The first-order valence-electron chi connectivity index (χ1n) is 11.9. The number of carbonyl (C=O) groups is 1. The van der Waals surface area contributed by atoms with Crippen LogP contribution in [0, 0.1) is 12.3 Å². The van der Waals surface area contributed by atoms with E-state index in [2.05, 4.69) is 28.1 Å². The van der Waals surface area contributed by atoms with Crippen molar-refractivity contribution >= 4 is 35.0 Å². The summed E-state index contributed by atoms with van der Waals surface area (Å²) >= 11 is 12.5. The van der Waals surface area contributed by atoms with E-state index in [9.17, 15) is 9.90 Å². The number of nitrogens with zero attached hydrogens (tertiary/aromatic N) is 3. The Morgan fingerprint density at radius 1 is 1.11 bits per heavy atom. The molecule has 6 nitrogen and oxygen atoms in total. The van der Waals surface area contributed by atoms with Crippen molar-refractivity contribution in [2.45, 2.75) is 45.1 Å². The number of hydrogen-bond acceptors (Lipinski definition) is 5. The van der Waals surface area contributed by atoms with Gasteiger partial charge in [-0.05, 0) is 67.2 Å². The lowest BCUT2D eigenvalue weighted by Gasteiger charge is -2.42. The summed E-state index contributed by atoms with van der Waals surface area (Å²) in [5.41, 5.74) is 11.6. The van der Waals surface area contributed by atoms with Gasteiger partial charge in [-0.3, -0.25) is 0 Å². The Balaban J connectivity index is 1.35. The average molecular weight is 511 g/mol. The molecule has 182 valence electrons. The van der Waals surface area contributed by atoms with E-state index in [4.69, 9.17) is 33.9 Å². The maximum atomic E-state index is 12.2. The van der Waals surface area contributed by atoms with Gasteiger partial charge in [0.1, 0.15) is 0 Å². The van der Waals surface area contributed by atoms with Crippen LogP contribution in [0.5, 0.6) is 0 Å². The van der Waals surface area contributed by atoms with E-state index in [0.717, 1.165) is 30.5 Å². The first-order chi connectivity index (χ1) is 16.8. The minimum atomic E-state index is -1.07. The lowest BCUT2D eigenvalue weighted by atomic mass is 9.73. The number of fused-ring (bicyclic) bond motifs is 1. The Morgan fingerprint density at radius 2 is 1.86 bits per heavy atom. The Labute approximate surface area is 215 Å². The molecule has 0 bridgehead atoms. The van der Waals surface area contributed by atoms with E-state index >= 15 is 0 Å². The Kier molecular flexibility index (Phi) is 6.47. The number of aryl methyl sites for hydroxylation is 3. The summed E-state index contributed by atoms with van der Waals surface area (Å²) in [7, 11) is 0. The van der Waals surface area contributed by atoms with E-state index < -0.39 is 5.97 Å². The maximum Gasteiger partial charge on any atom is 0.358 e. The molecule has 1 fully saturated rings. The molecule has 8 heteroatoms. The highest BCUT2D eigenvalue weighted by Crippen LogP contribution is 2.51. The second kappa shape index (κ2) is 9.41. The van der Waals surface area contributed by atoms with Gasteiger partial charge in [-0.25, -0.2) is 14.8 Å². The van der Waals surface area contributed by atoms with E-state index in [0.29, 0.717) is 47.5 Å². The zero-order valence-electron chi connectivity index (χ0n) is 19.6. The standard InChI is InChI=1S/C27H28Cl2N4O2/c1-16-21(10-9-17-6-4-8-20(28)22(17)29)32-23(26(34)35)25(31-16)33-13-11-27(12-14-33)15-18-5-2-3-7-19(18)24(27)30/h2-8,24H,9-15,30H2,1H3,(H,34,35)/t24-/m1/s1. The zero-order valence-corrected chi connectivity index (χ0v) is 21.1. The second-order valence-electron chi connectivity index (χ2n) is 9.65. The van der Waals surface area contributed by atoms with Gasteiger partial charge in [0.05, 0.1) is 21.4 Å². The molecule has 1 aromatic heterocycles. The molecule has 2 aromatic carbocycles. The number of piperidine rings is 1. The second-order valence-corrected chi connectivity index (χ2v) is 10.4. The van der Waals surface area contributed by atoms with Crippen molar-refractivity contribution < 1.29 is 9.90 Å². The van der Waals surface area contributed by atoms with Crippen molar-refractivity contribution in [1.29, 1.82) is 0 Å². The number of rotatable bonds is 5. The van der Waals surface area contributed by atoms with Gasteiger partial charge in [0.2, 0.25) is 0 Å². The van der Waals surface area contributed by atoms with Crippen LogP contribution in [0.1, 0.15) is 57.5 Å². The third-order valence-electron chi connectivity index (χ3n) is 7.67. The van der Waals surface area contributed by atoms with Crippen LogP contribution < -0.4 is 10.6 Å². The Morgan fingerprint density at radius 3 is 2.57 bits per heavy atom. The summed E-state index contributed by atoms with van der Waals surface area (Å²) in [4.78, 5) is 23.5. The van der Waals surface area contributed by atoms with E-state index in [-0.39, 0.29) is 17.2 Å². The summed E-state index contributed by atoms with van der Waals surface area (Å²) in [6.45, 7) is 3.28. The van der Waals surface area contributed by atoms with Crippen LogP contribution in [0.25, 0.3) is 0 Å². The predicted octanol–water partition coefficient (Wildman–Crippen LogP) is 5.42. The number of nitrogens with two attached hydrogens (primary N) is 1. The topological polar surface area (TPSA) is 92.3 Å². The molecule has 0 amide bonds. The van der Waals surface area contributed by atoms with E-state index in [1.54, 1.807) is 6.07 Å². The molecule has 2 heterocycles. The molecule has 3 N–H and O–H groups in total. The molecule has 1 saturated heterocycles. The number of carboxylic acids is 1. The highest BCUT2D eigenvalue weighted by atomic mass is 35.5.